The Kier molecular flexibility index (Phi) is 4.52. The Balaban J connectivity index is 3.26. The van der Waals surface area contributed by atoms with Crippen LogP contribution in [-0.4, -0.2) is 24.8 Å². The molecule has 17 heavy (non-hydrogen) atoms. The highest BCUT2D eigenvalue weighted by atomic mass is 35.5. The van der Waals surface area contributed by atoms with Crippen LogP contribution in [0.2, 0.25) is 0 Å². The Hall–Kier alpha value is -1.55. The summed E-state index contributed by atoms with van der Waals surface area (Å²) in [5, 5.41) is 6.24. The highest BCUT2D eigenvalue weighted by Gasteiger charge is 2.11. The maximum Gasteiger partial charge on any atom is 0.123 e. The molecule has 92 valence electrons. The van der Waals surface area contributed by atoms with Crippen molar-refractivity contribution < 1.29 is 4.39 Å². The summed E-state index contributed by atoms with van der Waals surface area (Å²) in [7, 11) is 3.55. The van der Waals surface area contributed by atoms with Crippen molar-refractivity contribution in [1.82, 2.24) is 5.01 Å². The largest absolute Gasteiger partial charge is 0.401 e. The number of rotatable bonds is 3. The van der Waals surface area contributed by atoms with Crippen LogP contribution in [0, 0.1) is 5.82 Å². The Morgan fingerprint density at radius 2 is 1.82 bits per heavy atom. The van der Waals surface area contributed by atoms with E-state index in [1.165, 1.54) is 12.1 Å². The third kappa shape index (κ3) is 3.75. The fourth-order valence-corrected chi connectivity index (χ4v) is 1.37. The summed E-state index contributed by atoms with van der Waals surface area (Å²) in [6.45, 7) is 1.69. The van der Waals surface area contributed by atoms with Gasteiger partial charge in [-0.25, -0.2) is 4.39 Å². The Morgan fingerprint density at radius 1 is 1.29 bits per heavy atom. The van der Waals surface area contributed by atoms with Gasteiger partial charge < -0.3 is 10.7 Å². The molecule has 1 rings (SSSR count). The van der Waals surface area contributed by atoms with Crippen LogP contribution >= 0.6 is 11.6 Å². The van der Waals surface area contributed by atoms with E-state index >= 15 is 0 Å². The van der Waals surface area contributed by atoms with Gasteiger partial charge in [-0.15, -0.1) is 0 Å². The van der Waals surface area contributed by atoms with Crippen molar-refractivity contribution in [2.24, 2.45) is 10.8 Å². The topological polar surface area (TPSA) is 41.6 Å². The fourth-order valence-electron chi connectivity index (χ4n) is 1.22. The van der Waals surface area contributed by atoms with Crippen LogP contribution < -0.4 is 5.73 Å². The normalized spacial score (nSPS) is 13.4. The van der Waals surface area contributed by atoms with Crippen molar-refractivity contribution in [3.05, 3.63) is 46.4 Å². The molecule has 0 aliphatic rings. The third-order valence-corrected chi connectivity index (χ3v) is 2.45. The van der Waals surface area contributed by atoms with E-state index in [-0.39, 0.29) is 5.82 Å². The zero-order valence-corrected chi connectivity index (χ0v) is 10.8. The van der Waals surface area contributed by atoms with Gasteiger partial charge in [0.2, 0.25) is 0 Å². The Bertz CT molecular complexity index is 445. The average Bonchev–Trinajstić information content (AvgIpc) is 2.26. The van der Waals surface area contributed by atoms with Crippen LogP contribution in [0.15, 0.2) is 40.1 Å². The summed E-state index contributed by atoms with van der Waals surface area (Å²) >= 11 is 6.10. The molecule has 0 aliphatic carbocycles. The number of nitrogens with zero attached hydrogens (tertiary/aromatic N) is 2. The molecule has 0 aliphatic heterocycles. The monoisotopic (exact) mass is 255 g/mol. The van der Waals surface area contributed by atoms with Gasteiger partial charge in [0.05, 0.1) is 5.03 Å². The molecule has 1 aromatic rings. The van der Waals surface area contributed by atoms with Gasteiger partial charge in [0, 0.05) is 25.4 Å². The van der Waals surface area contributed by atoms with Gasteiger partial charge in [-0.1, -0.05) is 11.6 Å². The zero-order chi connectivity index (χ0) is 13.0. The maximum atomic E-state index is 12.9. The molecule has 0 unspecified atom stereocenters. The molecule has 0 amide bonds. The fraction of sp³-hybridized carbons (Fsp3) is 0.250. The molecule has 0 bridgehead atoms. The van der Waals surface area contributed by atoms with Gasteiger partial charge in [-0.3, -0.25) is 0 Å². The van der Waals surface area contributed by atoms with Crippen molar-refractivity contribution in [2.45, 2.75) is 6.92 Å². The van der Waals surface area contributed by atoms with Gasteiger partial charge in [0.15, 0.2) is 0 Å². The van der Waals surface area contributed by atoms with Crippen molar-refractivity contribution in [3.8, 4) is 0 Å². The minimum atomic E-state index is -0.303. The number of benzene rings is 1. The summed E-state index contributed by atoms with van der Waals surface area (Å²) in [4.78, 5) is 0. The SMILES string of the molecule is CC(N)=C(Cl)C(=NN(C)C)c1ccc(F)cc1. The van der Waals surface area contributed by atoms with E-state index in [0.717, 1.165) is 5.56 Å². The van der Waals surface area contributed by atoms with Crippen LogP contribution in [0.4, 0.5) is 4.39 Å². The van der Waals surface area contributed by atoms with Gasteiger partial charge in [0.25, 0.3) is 0 Å². The molecule has 0 spiro atoms. The van der Waals surface area contributed by atoms with Gasteiger partial charge in [-0.2, -0.15) is 5.10 Å². The van der Waals surface area contributed by atoms with Crippen LogP contribution in [0.25, 0.3) is 0 Å². The summed E-state index contributed by atoms with van der Waals surface area (Å²) in [6.07, 6.45) is 0. The van der Waals surface area contributed by atoms with Gasteiger partial charge in [-0.05, 0) is 31.2 Å². The second-order valence-corrected chi connectivity index (χ2v) is 4.18. The lowest BCUT2D eigenvalue weighted by atomic mass is 10.1. The van der Waals surface area contributed by atoms with Crippen LogP contribution in [0.1, 0.15) is 12.5 Å². The summed E-state index contributed by atoms with van der Waals surface area (Å²) in [5.74, 6) is -0.303. The number of hydrazone groups is 1. The summed E-state index contributed by atoms with van der Waals surface area (Å²) in [6, 6.07) is 5.94. The summed E-state index contributed by atoms with van der Waals surface area (Å²) < 4.78 is 12.9. The van der Waals surface area contributed by atoms with Crippen LogP contribution in [0.5, 0.6) is 0 Å². The molecule has 0 aromatic heterocycles. The minimum absolute atomic E-state index is 0.303. The van der Waals surface area contributed by atoms with Gasteiger partial charge >= 0.3 is 0 Å². The molecule has 3 nitrogen and oxygen atoms in total. The highest BCUT2D eigenvalue weighted by molar-refractivity contribution is 6.46. The number of allylic oxidation sites excluding steroid dienone is 2. The van der Waals surface area contributed by atoms with Crippen molar-refractivity contribution in [2.75, 3.05) is 14.1 Å². The number of hydrogen-bond acceptors (Lipinski definition) is 3. The molecule has 0 fully saturated rings. The zero-order valence-electron chi connectivity index (χ0n) is 10.0. The van der Waals surface area contributed by atoms with E-state index in [1.807, 2.05) is 0 Å². The molecule has 1 aromatic carbocycles. The van der Waals surface area contributed by atoms with Crippen molar-refractivity contribution in [1.29, 1.82) is 0 Å². The van der Waals surface area contributed by atoms with E-state index in [2.05, 4.69) is 5.10 Å². The lowest BCUT2D eigenvalue weighted by molar-refractivity contribution is 0.438. The first kappa shape index (κ1) is 13.5. The first-order valence-electron chi connectivity index (χ1n) is 5.06. The number of halogens is 2. The van der Waals surface area contributed by atoms with Crippen molar-refractivity contribution >= 4 is 17.3 Å². The molecule has 5 heteroatoms. The second-order valence-electron chi connectivity index (χ2n) is 3.80. The lowest BCUT2D eigenvalue weighted by Gasteiger charge is -2.11. The first-order chi connectivity index (χ1) is 7.91. The molecule has 2 N–H and O–H groups in total. The first-order valence-corrected chi connectivity index (χ1v) is 5.43. The quantitative estimate of drug-likeness (QED) is 0.666. The van der Waals surface area contributed by atoms with Gasteiger partial charge in [0.1, 0.15) is 11.5 Å². The smallest absolute Gasteiger partial charge is 0.123 e. The predicted octanol–water partition coefficient (Wildman–Crippen LogP) is 2.52. The standard InChI is InChI=1S/C12H15ClFN3/c1-8(15)11(13)12(16-17(2)3)9-4-6-10(14)7-5-9/h4-7H,15H2,1-3H3. The lowest BCUT2D eigenvalue weighted by Crippen LogP contribution is -2.13. The number of nitrogens with two attached hydrogens (primary N) is 1. The van der Waals surface area contributed by atoms with E-state index in [0.29, 0.717) is 16.4 Å². The highest BCUT2D eigenvalue weighted by Crippen LogP contribution is 2.16. The van der Waals surface area contributed by atoms with Crippen LogP contribution in [-0.2, 0) is 0 Å². The maximum absolute atomic E-state index is 12.9. The van der Waals surface area contributed by atoms with Crippen LogP contribution in [0.3, 0.4) is 0 Å². The molecule has 0 heterocycles. The second kappa shape index (κ2) is 5.68. The Labute approximate surface area is 105 Å². The van der Waals surface area contributed by atoms with E-state index in [9.17, 15) is 4.39 Å². The molecule has 0 radical (unpaired) electrons. The number of hydrogen-bond donors (Lipinski definition) is 1. The van der Waals surface area contributed by atoms with E-state index in [1.54, 1.807) is 38.2 Å². The molecular formula is C12H15ClFN3. The Morgan fingerprint density at radius 3 is 2.24 bits per heavy atom. The predicted molar refractivity (Wildman–Crippen MR) is 69.4 cm³/mol. The molecular weight excluding hydrogens is 241 g/mol. The summed E-state index contributed by atoms with van der Waals surface area (Å²) in [5.41, 5.74) is 7.37. The van der Waals surface area contributed by atoms with Crippen molar-refractivity contribution in [3.63, 3.8) is 0 Å². The molecule has 0 atom stereocenters. The van der Waals surface area contributed by atoms with E-state index < -0.39 is 0 Å². The third-order valence-electron chi connectivity index (χ3n) is 1.97. The molecule has 0 saturated heterocycles. The van der Waals surface area contributed by atoms with E-state index in [4.69, 9.17) is 17.3 Å². The average molecular weight is 256 g/mol. The minimum Gasteiger partial charge on any atom is -0.401 e. The molecule has 0 saturated carbocycles.